The Morgan fingerprint density at radius 2 is 0.487 bits per heavy atom. The molecule has 5 atom stereocenters. The minimum absolute atomic E-state index is 0. The molecule has 5 aliphatic rings. The van der Waals surface area contributed by atoms with Crippen LogP contribution in [0.1, 0.15) is 171 Å². The van der Waals surface area contributed by atoms with Crippen molar-refractivity contribution in [2.45, 2.75) is 204 Å². The van der Waals surface area contributed by atoms with Crippen molar-refractivity contribution in [1.29, 1.82) is 0 Å². The molecule has 0 amide bonds. The van der Waals surface area contributed by atoms with Gasteiger partial charge in [0.15, 0.2) is 51.2 Å². The predicted octanol–water partition coefficient (Wildman–Crippen LogP) is 33.4. The van der Waals surface area contributed by atoms with Crippen LogP contribution in [0.5, 0.6) is 0 Å². The third-order valence-electron chi connectivity index (χ3n) is 30.0. The van der Waals surface area contributed by atoms with Gasteiger partial charge in [0.05, 0.1) is 68.2 Å². The summed E-state index contributed by atoms with van der Waals surface area (Å²) in [6.45, 7) is 40.9. The van der Waals surface area contributed by atoms with E-state index < -0.39 is 0 Å². The monoisotopic (exact) mass is 1990 g/mol. The molecular weight excluding hydrogens is 1860 g/mol. The van der Waals surface area contributed by atoms with E-state index in [1.807, 2.05) is 90.5 Å². The molecule has 0 N–H and O–H groups in total. The van der Waals surface area contributed by atoms with Gasteiger partial charge in [-0.15, -0.1) is 0 Å². The largest absolute Gasteiger partial charge is 0.435 e. The van der Waals surface area contributed by atoms with Crippen molar-refractivity contribution in [3.63, 3.8) is 0 Å². The number of hydrogen-bond donors (Lipinski definition) is 0. The summed E-state index contributed by atoms with van der Waals surface area (Å²) in [5.74, 6) is 4.50. The van der Waals surface area contributed by atoms with E-state index >= 15 is 0 Å². The lowest BCUT2D eigenvalue weighted by molar-refractivity contribution is 0.646. The molecule has 22 aromatic rings. The van der Waals surface area contributed by atoms with Crippen LogP contribution in [-0.4, -0.2) is 96.8 Å². The quantitative estimate of drug-likeness (QED) is 0.131. The second-order valence-corrected chi connectivity index (χ2v) is 40.0. The van der Waals surface area contributed by atoms with Gasteiger partial charge < -0.3 is 66.2 Å². The smallest absolute Gasteiger partial charge is 0.227 e. The van der Waals surface area contributed by atoms with Crippen LogP contribution < -0.4 is 49.0 Å². The Morgan fingerprint density at radius 3 is 0.853 bits per heavy atom. The molecule has 18 heterocycles. The standard InChI is InChI=1S/C33H35N3O.C27H23N3O.2C21H20N4O.C20H19N5O.4CH4/c1-19(2)24-11-10-12-25(20(3)4)31(24)36-23(7)35(28-13-8-9-14-29(28)36)30-21(5)15-17-26-27-18-16-22(6)34-33(27)37-32(26)30;1-17-13-15-21-22-16-14-18(2)28-27(22)31-26(21)25(17)30-19(3)29(20-9-5-4-6-10-20)23-11-7-8-12-24(23)30;1-12-7-9-15-16-10-8-13(2)23-21(16)26-19(15)18(12)25-14(3)24(4)20-17(25)6-5-11-22-20;1-12-7-9-15-16-10-8-13(2)23-21(16)26-19(15)18(12)25-14(3)24(4)17-6-5-11-22-20(17)25;1-11-5-7-14-15-8-6-12(2)23-20(15)26-17(14)16(11)25-13(3)24(4)18-19(25)22-10-9-21-18;;;;/h8-20,23H,1-7H3;4-16,19H,1-3H3;2*5-11,14H,1-4H3;5-10,13H,1-4H3;4*1H4. The maximum absolute atomic E-state index is 6.51. The van der Waals surface area contributed by atoms with Crippen molar-refractivity contribution in [1.82, 2.24) is 44.9 Å². The molecule has 27 rings (SSSR count). The molecule has 0 fully saturated rings. The van der Waals surface area contributed by atoms with Crippen LogP contribution in [0.25, 0.3) is 110 Å². The average Bonchev–Trinajstić information content (AvgIpc) is 1.56. The summed E-state index contributed by atoms with van der Waals surface area (Å²) in [5.41, 5.74) is 36.2. The topological polar surface area (TPSA) is 214 Å². The highest BCUT2D eigenvalue weighted by atomic mass is 16.4. The van der Waals surface area contributed by atoms with E-state index in [4.69, 9.17) is 27.1 Å². The van der Waals surface area contributed by atoms with Gasteiger partial charge in [0.2, 0.25) is 28.6 Å². The molecule has 0 bridgehead atoms. The zero-order valence-corrected chi connectivity index (χ0v) is 86.5. The first-order chi connectivity index (χ1) is 70.6. The van der Waals surface area contributed by atoms with Gasteiger partial charge in [-0.05, 0) is 276 Å². The molecule has 9 aromatic carbocycles. The SMILES string of the molecule is C.C.C.C.Cc1ccc2c(n1)oc1c(N3c4ccccc4N(c4c(C(C)C)cccc4C(C)C)C3C)c(C)ccc12.Cc1ccc2c(n1)oc1c(N3c4ccccc4N(c4ccccc4)C3C)c(C)ccc12.Cc1ccc2c(n1)oc1c(N3c4cccnc4N(C)C3C)c(C)ccc12.Cc1ccc2c(n1)oc1c(N3c4ncccc4N(C)C3C)c(C)ccc12.Cc1ccc2c(n1)oc1c(N3c4nccnc4N(C)C3C)c(C)ccc12. The molecule has 0 saturated heterocycles. The van der Waals surface area contributed by atoms with E-state index in [-0.39, 0.29) is 60.5 Å². The van der Waals surface area contributed by atoms with Crippen LogP contribution in [-0.2, 0) is 0 Å². The van der Waals surface area contributed by atoms with E-state index in [2.05, 4.69) is 406 Å². The first-order valence-corrected chi connectivity index (χ1v) is 50.4. The summed E-state index contributed by atoms with van der Waals surface area (Å²) in [7, 11) is 6.22. The number of fused-ring (bicyclic) bond motifs is 20. The number of furan rings is 5. The van der Waals surface area contributed by atoms with Gasteiger partial charge in [-0.2, -0.15) is 0 Å². The number of anilines is 17. The summed E-state index contributed by atoms with van der Waals surface area (Å²) in [6.07, 6.45) is 7.67. The Balaban J connectivity index is 0.000000118. The van der Waals surface area contributed by atoms with Crippen molar-refractivity contribution >= 4 is 208 Å². The van der Waals surface area contributed by atoms with Crippen LogP contribution in [0.3, 0.4) is 0 Å². The maximum Gasteiger partial charge on any atom is 0.227 e. The van der Waals surface area contributed by atoms with Crippen molar-refractivity contribution in [2.24, 2.45) is 0 Å². The number of aryl methyl sites for hydroxylation is 10. The molecule has 24 heteroatoms. The van der Waals surface area contributed by atoms with Gasteiger partial charge >= 0.3 is 0 Å². The van der Waals surface area contributed by atoms with Gasteiger partial charge in [0.1, 0.15) is 30.8 Å². The Hall–Kier alpha value is -16.9. The van der Waals surface area contributed by atoms with E-state index in [0.717, 1.165) is 184 Å². The Kier molecular flexibility index (Phi) is 26.9. The molecule has 0 radical (unpaired) electrons. The molecule has 13 aromatic heterocycles. The molecule has 5 unspecified atom stereocenters. The summed E-state index contributed by atoms with van der Waals surface area (Å²) < 4.78 is 31.7. The van der Waals surface area contributed by atoms with E-state index in [1.165, 1.54) is 61.9 Å². The second kappa shape index (κ2) is 39.7. The van der Waals surface area contributed by atoms with Gasteiger partial charge in [-0.3, -0.25) is 4.90 Å². The van der Waals surface area contributed by atoms with Crippen molar-refractivity contribution in [3.8, 4) is 0 Å². The lowest BCUT2D eigenvalue weighted by Gasteiger charge is -2.34. The molecule has 150 heavy (non-hydrogen) atoms. The number of pyridine rings is 7. The number of para-hydroxylation sites is 6. The van der Waals surface area contributed by atoms with Crippen molar-refractivity contribution in [2.75, 3.05) is 70.1 Å². The summed E-state index contributed by atoms with van der Waals surface area (Å²) in [6, 6.07) is 85.2. The van der Waals surface area contributed by atoms with Crippen LogP contribution in [0.15, 0.2) is 290 Å². The summed E-state index contributed by atoms with van der Waals surface area (Å²) in [4.78, 5) is 64.5. The van der Waals surface area contributed by atoms with Crippen LogP contribution in [0.4, 0.5) is 97.2 Å². The molecule has 24 nitrogen and oxygen atoms in total. The molecule has 5 aliphatic heterocycles. The highest BCUT2D eigenvalue weighted by Gasteiger charge is 2.44. The molecule has 0 spiro atoms. The third kappa shape index (κ3) is 16.6. The highest BCUT2D eigenvalue weighted by Crippen LogP contribution is 2.58. The van der Waals surface area contributed by atoms with Crippen LogP contribution in [0, 0.1) is 69.2 Å². The third-order valence-corrected chi connectivity index (χ3v) is 30.0. The fourth-order valence-corrected chi connectivity index (χ4v) is 22.4. The van der Waals surface area contributed by atoms with Crippen molar-refractivity contribution < 1.29 is 22.1 Å². The average molecular weight is 1990 g/mol. The lowest BCUT2D eigenvalue weighted by atomic mass is 9.91. The normalized spacial score (nSPS) is 15.8. The minimum Gasteiger partial charge on any atom is -0.435 e. The van der Waals surface area contributed by atoms with E-state index in [0.29, 0.717) is 40.4 Å². The summed E-state index contributed by atoms with van der Waals surface area (Å²) in [5, 5.41) is 10.7. The number of hydrogen-bond acceptors (Lipinski definition) is 24. The van der Waals surface area contributed by atoms with E-state index in [9.17, 15) is 0 Å². The Bertz CT molecular complexity index is 8480. The number of rotatable bonds is 9. The number of benzene rings is 9. The molecular formula is C126H133N19O5. The first kappa shape index (κ1) is 102. The number of aromatic nitrogens is 9. The maximum atomic E-state index is 6.51. The van der Waals surface area contributed by atoms with Gasteiger partial charge in [-0.25, -0.2) is 44.9 Å². The van der Waals surface area contributed by atoms with Crippen LogP contribution in [0.2, 0.25) is 0 Å². The predicted molar refractivity (Wildman–Crippen MR) is 624 cm³/mol. The Labute approximate surface area is 877 Å². The zero-order valence-electron chi connectivity index (χ0n) is 86.5. The fourth-order valence-electron chi connectivity index (χ4n) is 22.4. The van der Waals surface area contributed by atoms with E-state index in [1.54, 1.807) is 12.4 Å². The van der Waals surface area contributed by atoms with Crippen LogP contribution >= 0.6 is 0 Å². The summed E-state index contributed by atoms with van der Waals surface area (Å²) >= 11 is 0. The van der Waals surface area contributed by atoms with Gasteiger partial charge in [-0.1, -0.05) is 179 Å². The minimum atomic E-state index is 0. The lowest BCUT2D eigenvalue weighted by Crippen LogP contribution is -2.37. The second-order valence-electron chi connectivity index (χ2n) is 40.0. The molecule has 0 aliphatic carbocycles. The fraction of sp³-hybridized carbons (Fsp3) is 0.262. The zero-order chi connectivity index (χ0) is 101. The number of nitrogens with zero attached hydrogens (tertiary/aromatic N) is 19. The van der Waals surface area contributed by atoms with Gasteiger partial charge in [0.25, 0.3) is 0 Å². The first-order valence-electron chi connectivity index (χ1n) is 50.4. The van der Waals surface area contributed by atoms with Gasteiger partial charge in [0, 0.05) is 134 Å². The Morgan fingerprint density at radius 1 is 0.220 bits per heavy atom. The van der Waals surface area contributed by atoms with Crippen molar-refractivity contribution in [3.05, 3.63) is 335 Å². The molecule has 0 saturated carbocycles. The highest BCUT2D eigenvalue weighted by molar-refractivity contribution is 6.15. The molecule has 762 valence electrons.